The van der Waals surface area contributed by atoms with Crippen molar-refractivity contribution in [1.82, 2.24) is 4.90 Å². The Morgan fingerprint density at radius 1 is 1.19 bits per heavy atom. The normalized spacial score (nSPS) is 22.8. The average molecular weight is 523 g/mol. The van der Waals surface area contributed by atoms with Crippen LogP contribution >= 0.6 is 23.2 Å². The molecule has 1 spiro atoms. The number of benzene rings is 3. The van der Waals surface area contributed by atoms with E-state index in [2.05, 4.69) is 11.4 Å². The fourth-order valence-electron chi connectivity index (χ4n) is 5.42. The molecule has 1 amide bonds. The maximum absolute atomic E-state index is 13.3. The number of likely N-dealkylation sites (tertiary alicyclic amines) is 1. The van der Waals surface area contributed by atoms with Gasteiger partial charge in [-0.25, -0.2) is 0 Å². The molecule has 3 aromatic carbocycles. The van der Waals surface area contributed by atoms with Gasteiger partial charge in [0.1, 0.15) is 6.61 Å². The van der Waals surface area contributed by atoms with Crippen LogP contribution in [-0.2, 0) is 16.9 Å². The minimum atomic E-state index is -1.46. The van der Waals surface area contributed by atoms with Crippen LogP contribution in [0, 0.1) is 21.4 Å². The Labute approximate surface area is 217 Å². The number of nitro groups is 1. The zero-order valence-electron chi connectivity index (χ0n) is 19.1. The largest absolute Gasteiger partial charge is 0.486 e. The van der Waals surface area contributed by atoms with Crippen LogP contribution in [0.4, 0.5) is 5.69 Å². The zero-order valence-corrected chi connectivity index (χ0v) is 20.6. The quantitative estimate of drug-likeness (QED) is 0.374. The molecule has 0 radical (unpaired) electrons. The van der Waals surface area contributed by atoms with Crippen molar-refractivity contribution in [2.45, 2.75) is 24.1 Å². The SMILES string of the molecule is CN1C[C@H](c2cc(Cl)c(OCc3ccccc3C#N)c(Cl)c2)[C@@H]([N+](=O)[O-])[C@@]12C(=O)Nc1ccccc12. The lowest BCUT2D eigenvalue weighted by Crippen LogP contribution is -2.54. The van der Waals surface area contributed by atoms with Crippen molar-refractivity contribution in [2.75, 3.05) is 18.9 Å². The van der Waals surface area contributed by atoms with E-state index in [1.807, 2.05) is 0 Å². The smallest absolute Gasteiger partial charge is 0.256 e. The minimum Gasteiger partial charge on any atom is -0.486 e. The highest BCUT2D eigenvalue weighted by Crippen LogP contribution is 2.52. The second-order valence-electron chi connectivity index (χ2n) is 8.85. The molecule has 10 heteroatoms. The van der Waals surface area contributed by atoms with Crippen molar-refractivity contribution in [2.24, 2.45) is 0 Å². The molecule has 1 saturated heterocycles. The van der Waals surface area contributed by atoms with Crippen molar-refractivity contribution in [1.29, 1.82) is 5.26 Å². The summed E-state index contributed by atoms with van der Waals surface area (Å²) >= 11 is 13.1. The number of hydrogen-bond acceptors (Lipinski definition) is 6. The molecule has 36 heavy (non-hydrogen) atoms. The predicted molar refractivity (Wildman–Crippen MR) is 135 cm³/mol. The summed E-state index contributed by atoms with van der Waals surface area (Å²) < 4.78 is 5.84. The summed E-state index contributed by atoms with van der Waals surface area (Å²) in [6.07, 6.45) is 0. The molecule has 0 bridgehead atoms. The van der Waals surface area contributed by atoms with E-state index in [9.17, 15) is 20.2 Å². The van der Waals surface area contributed by atoms with Crippen LogP contribution in [0.5, 0.6) is 5.75 Å². The van der Waals surface area contributed by atoms with Gasteiger partial charge in [0.05, 0.1) is 27.6 Å². The second-order valence-corrected chi connectivity index (χ2v) is 9.67. The van der Waals surface area contributed by atoms with Gasteiger partial charge in [0.25, 0.3) is 11.9 Å². The number of carbonyl (C=O) groups is 1. The third-order valence-corrected chi connectivity index (χ3v) is 7.56. The van der Waals surface area contributed by atoms with E-state index in [1.165, 1.54) is 0 Å². The molecule has 0 aromatic heterocycles. The van der Waals surface area contributed by atoms with Crippen LogP contribution in [-0.4, -0.2) is 35.4 Å². The number of nitrogens with zero attached hydrogens (tertiary/aromatic N) is 3. The number of likely N-dealkylation sites (N-methyl/N-ethyl adjacent to an activating group) is 1. The number of carbonyl (C=O) groups excluding carboxylic acids is 1. The molecule has 0 aliphatic carbocycles. The first-order chi connectivity index (χ1) is 17.3. The highest BCUT2D eigenvalue weighted by molar-refractivity contribution is 6.37. The lowest BCUT2D eigenvalue weighted by molar-refractivity contribution is -0.534. The van der Waals surface area contributed by atoms with Crippen LogP contribution in [0.15, 0.2) is 60.7 Å². The summed E-state index contributed by atoms with van der Waals surface area (Å²) in [7, 11) is 1.71. The summed E-state index contributed by atoms with van der Waals surface area (Å²) in [5.41, 5.74) is 1.38. The Morgan fingerprint density at radius 3 is 2.56 bits per heavy atom. The predicted octanol–water partition coefficient (Wildman–Crippen LogP) is 4.97. The molecule has 2 aliphatic heterocycles. The number of anilines is 1. The lowest BCUT2D eigenvalue weighted by Gasteiger charge is -2.30. The van der Waals surface area contributed by atoms with Crippen molar-refractivity contribution in [3.8, 4) is 11.8 Å². The summed E-state index contributed by atoms with van der Waals surface area (Å²) in [5.74, 6) is -0.869. The number of rotatable bonds is 5. The van der Waals surface area contributed by atoms with Crippen molar-refractivity contribution >= 4 is 34.8 Å². The van der Waals surface area contributed by atoms with E-state index in [0.717, 1.165) is 0 Å². The van der Waals surface area contributed by atoms with Gasteiger partial charge in [0.2, 0.25) is 0 Å². The van der Waals surface area contributed by atoms with E-state index in [0.29, 0.717) is 27.9 Å². The van der Waals surface area contributed by atoms with E-state index in [4.69, 9.17) is 27.9 Å². The molecule has 0 unspecified atom stereocenters. The van der Waals surface area contributed by atoms with Gasteiger partial charge < -0.3 is 10.1 Å². The summed E-state index contributed by atoms with van der Waals surface area (Å²) in [6.45, 7) is 0.322. The van der Waals surface area contributed by atoms with Gasteiger partial charge in [-0.2, -0.15) is 5.26 Å². The first kappa shape index (κ1) is 24.1. The van der Waals surface area contributed by atoms with Gasteiger partial charge in [0.15, 0.2) is 11.3 Å². The Bertz CT molecular complexity index is 1420. The van der Waals surface area contributed by atoms with E-state index in [-0.39, 0.29) is 33.9 Å². The standard InChI is InChI=1S/C26H20Cl2N4O4/c1-31-13-18(24(32(34)35)26(31)19-8-4-5-9-22(19)30-25(26)33)17-10-20(27)23(21(28)11-17)36-14-16-7-3-2-6-15(16)12-29/h2-11,18,24H,13-14H2,1H3,(H,30,33)/t18-,24-,26+/m1/s1. The van der Waals surface area contributed by atoms with Crippen molar-refractivity contribution < 1.29 is 14.5 Å². The van der Waals surface area contributed by atoms with Gasteiger partial charge in [-0.3, -0.25) is 19.8 Å². The minimum absolute atomic E-state index is 0.0757. The van der Waals surface area contributed by atoms with Crippen LogP contribution < -0.4 is 10.1 Å². The number of halogens is 2. The van der Waals surface area contributed by atoms with Crippen molar-refractivity contribution in [3.63, 3.8) is 0 Å². The molecule has 2 heterocycles. The van der Waals surface area contributed by atoms with E-state index in [1.54, 1.807) is 72.6 Å². The number of amides is 1. The Hall–Kier alpha value is -3.64. The number of nitrogens with one attached hydrogen (secondary N) is 1. The molecular weight excluding hydrogens is 503 g/mol. The molecule has 3 atom stereocenters. The van der Waals surface area contributed by atoms with E-state index >= 15 is 0 Å². The molecule has 1 N–H and O–H groups in total. The van der Waals surface area contributed by atoms with Gasteiger partial charge >= 0.3 is 0 Å². The number of fused-ring (bicyclic) bond motifs is 2. The topological polar surface area (TPSA) is 108 Å². The highest BCUT2D eigenvalue weighted by Gasteiger charge is 2.68. The number of nitriles is 1. The molecule has 3 aromatic rings. The van der Waals surface area contributed by atoms with Gasteiger partial charge in [-0.15, -0.1) is 0 Å². The fourth-order valence-corrected chi connectivity index (χ4v) is 6.03. The number of ether oxygens (including phenoxy) is 1. The molecule has 2 aliphatic rings. The van der Waals surface area contributed by atoms with Gasteiger partial charge in [0, 0.05) is 28.3 Å². The molecule has 5 rings (SSSR count). The Balaban J connectivity index is 1.50. The van der Waals surface area contributed by atoms with E-state index < -0.39 is 23.4 Å². The molecule has 8 nitrogen and oxygen atoms in total. The van der Waals surface area contributed by atoms with Crippen molar-refractivity contribution in [3.05, 3.63) is 103 Å². The maximum Gasteiger partial charge on any atom is 0.256 e. The first-order valence-corrected chi connectivity index (χ1v) is 11.9. The summed E-state index contributed by atoms with van der Waals surface area (Å²) in [6, 6.07) is 18.1. The van der Waals surface area contributed by atoms with Gasteiger partial charge in [-0.1, -0.05) is 59.6 Å². The molecule has 1 fully saturated rings. The van der Waals surface area contributed by atoms with Crippen LogP contribution in [0.2, 0.25) is 10.0 Å². The summed E-state index contributed by atoms with van der Waals surface area (Å²) in [5, 5.41) is 25.0. The number of hydrogen-bond donors (Lipinski definition) is 1. The number of para-hydroxylation sites is 1. The molecular formula is C26H20Cl2N4O4. The highest BCUT2D eigenvalue weighted by atomic mass is 35.5. The average Bonchev–Trinajstić information content (AvgIpc) is 3.33. The van der Waals surface area contributed by atoms with Crippen LogP contribution in [0.25, 0.3) is 0 Å². The lowest BCUT2D eigenvalue weighted by atomic mass is 9.79. The third-order valence-electron chi connectivity index (χ3n) is 7.00. The molecule has 182 valence electrons. The third kappa shape index (κ3) is 3.59. The van der Waals surface area contributed by atoms with Crippen LogP contribution in [0.3, 0.4) is 0 Å². The second kappa shape index (κ2) is 9.10. The summed E-state index contributed by atoms with van der Waals surface area (Å²) in [4.78, 5) is 27.1. The van der Waals surface area contributed by atoms with Gasteiger partial charge in [-0.05, 0) is 36.9 Å². The maximum atomic E-state index is 13.3. The van der Waals surface area contributed by atoms with Crippen LogP contribution in [0.1, 0.15) is 28.2 Å². The monoisotopic (exact) mass is 522 g/mol. The zero-order chi connectivity index (χ0) is 25.6. The fraction of sp³-hybridized carbons (Fsp3) is 0.231. The molecule has 0 saturated carbocycles. The first-order valence-electron chi connectivity index (χ1n) is 11.1. The Morgan fingerprint density at radius 2 is 1.86 bits per heavy atom. The Kier molecular flexibility index (Phi) is 6.08.